The van der Waals surface area contributed by atoms with Crippen LogP contribution in [-0.4, -0.2) is 0 Å². The molecule has 1 atom stereocenters. The molecule has 1 aromatic carbocycles. The number of hydrogen-bond acceptors (Lipinski definition) is 4. The van der Waals surface area contributed by atoms with E-state index >= 15 is 0 Å². The molecule has 0 aliphatic carbocycles. The second-order valence-electron chi connectivity index (χ2n) is 4.47. The monoisotopic (exact) mass is 310 g/mol. The number of thiophene rings is 2. The molecule has 0 aliphatic rings. The molecule has 0 aliphatic heterocycles. The summed E-state index contributed by atoms with van der Waals surface area (Å²) >= 11 is 3.34. The third kappa shape index (κ3) is 2.60. The number of nitrogens with one attached hydrogen (secondary N) is 1. The minimum atomic E-state index is -0.831. The molecule has 2 heterocycles. The molecular formula is C14H12F2N2S2. The van der Waals surface area contributed by atoms with Crippen molar-refractivity contribution in [1.82, 2.24) is 5.43 Å². The minimum Gasteiger partial charge on any atom is -0.271 e. The zero-order chi connectivity index (χ0) is 14.1. The Morgan fingerprint density at radius 3 is 2.65 bits per heavy atom. The number of hydrazine groups is 1. The van der Waals surface area contributed by atoms with Crippen LogP contribution in [0, 0.1) is 11.6 Å². The maximum absolute atomic E-state index is 13.2. The summed E-state index contributed by atoms with van der Waals surface area (Å²) in [6.07, 6.45) is 0.515. The number of hydrogen-bond donors (Lipinski definition) is 2. The first kappa shape index (κ1) is 13.6. The van der Waals surface area contributed by atoms with Gasteiger partial charge in [0.2, 0.25) is 0 Å². The molecule has 3 rings (SSSR count). The van der Waals surface area contributed by atoms with Gasteiger partial charge in [-0.2, -0.15) is 0 Å². The lowest BCUT2D eigenvalue weighted by atomic mass is 10.0. The van der Waals surface area contributed by atoms with E-state index in [0.717, 1.165) is 10.9 Å². The number of fused-ring (bicyclic) bond motifs is 1. The Kier molecular flexibility index (Phi) is 3.80. The molecule has 0 saturated carbocycles. The number of halogens is 2. The van der Waals surface area contributed by atoms with E-state index in [-0.39, 0.29) is 6.04 Å². The van der Waals surface area contributed by atoms with E-state index in [1.165, 1.54) is 15.5 Å². The van der Waals surface area contributed by atoms with Crippen molar-refractivity contribution in [2.24, 2.45) is 5.84 Å². The lowest BCUT2D eigenvalue weighted by Gasteiger charge is -2.14. The van der Waals surface area contributed by atoms with Crippen LogP contribution in [0.1, 0.15) is 16.5 Å². The van der Waals surface area contributed by atoms with E-state index in [9.17, 15) is 8.78 Å². The van der Waals surface area contributed by atoms with Crippen LogP contribution >= 0.6 is 22.7 Å². The van der Waals surface area contributed by atoms with E-state index in [1.54, 1.807) is 28.7 Å². The van der Waals surface area contributed by atoms with Gasteiger partial charge in [0, 0.05) is 14.3 Å². The molecular weight excluding hydrogens is 298 g/mol. The second-order valence-corrected chi connectivity index (χ2v) is 6.53. The molecule has 0 radical (unpaired) electrons. The van der Waals surface area contributed by atoms with Gasteiger partial charge in [-0.05, 0) is 41.6 Å². The fourth-order valence-corrected chi connectivity index (χ4v) is 4.28. The quantitative estimate of drug-likeness (QED) is 0.565. The first-order valence-corrected chi connectivity index (χ1v) is 7.74. The standard InChI is InChI=1S/C14H12F2N2S2/c15-9-2-1-8(5-10(9)16)6-11(18-17)13-7-14-12(20-13)3-4-19-14/h1-5,7,11,18H,6,17H2. The summed E-state index contributed by atoms with van der Waals surface area (Å²) < 4.78 is 28.6. The predicted octanol–water partition coefficient (Wildman–Crippen LogP) is 3.99. The molecule has 3 N–H and O–H groups in total. The smallest absolute Gasteiger partial charge is 0.159 e. The second kappa shape index (κ2) is 5.57. The Labute approximate surface area is 122 Å². The van der Waals surface area contributed by atoms with Crippen LogP contribution in [-0.2, 0) is 6.42 Å². The van der Waals surface area contributed by atoms with Gasteiger partial charge in [0.1, 0.15) is 0 Å². The molecule has 0 spiro atoms. The Hall–Kier alpha value is -1.34. The van der Waals surface area contributed by atoms with Gasteiger partial charge in [-0.3, -0.25) is 11.3 Å². The molecule has 1 unspecified atom stereocenters. The van der Waals surface area contributed by atoms with Gasteiger partial charge in [-0.15, -0.1) is 22.7 Å². The highest BCUT2D eigenvalue weighted by atomic mass is 32.1. The highest BCUT2D eigenvalue weighted by molar-refractivity contribution is 7.26. The molecule has 0 bridgehead atoms. The Bertz CT molecular complexity index is 707. The van der Waals surface area contributed by atoms with Gasteiger partial charge in [0.05, 0.1) is 6.04 Å². The molecule has 3 aromatic rings. The maximum Gasteiger partial charge on any atom is 0.159 e. The van der Waals surface area contributed by atoms with Gasteiger partial charge in [-0.25, -0.2) is 8.78 Å². The van der Waals surface area contributed by atoms with Gasteiger partial charge >= 0.3 is 0 Å². The van der Waals surface area contributed by atoms with Crippen molar-refractivity contribution in [2.45, 2.75) is 12.5 Å². The van der Waals surface area contributed by atoms with Crippen LogP contribution in [0.3, 0.4) is 0 Å². The average molecular weight is 310 g/mol. The molecule has 0 amide bonds. The van der Waals surface area contributed by atoms with Crippen molar-refractivity contribution in [3.63, 3.8) is 0 Å². The van der Waals surface area contributed by atoms with Gasteiger partial charge < -0.3 is 0 Å². The molecule has 2 aromatic heterocycles. The van der Waals surface area contributed by atoms with E-state index in [2.05, 4.69) is 17.6 Å². The number of benzene rings is 1. The van der Waals surface area contributed by atoms with Gasteiger partial charge in [0.25, 0.3) is 0 Å². The Morgan fingerprint density at radius 1 is 1.10 bits per heavy atom. The topological polar surface area (TPSA) is 38.0 Å². The van der Waals surface area contributed by atoms with Crippen LogP contribution in [0.15, 0.2) is 35.7 Å². The summed E-state index contributed by atoms with van der Waals surface area (Å²) in [5.41, 5.74) is 3.46. The van der Waals surface area contributed by atoms with Crippen molar-refractivity contribution in [3.8, 4) is 0 Å². The Morgan fingerprint density at radius 2 is 1.95 bits per heavy atom. The lowest BCUT2D eigenvalue weighted by molar-refractivity contribution is 0.503. The van der Waals surface area contributed by atoms with Crippen molar-refractivity contribution in [3.05, 3.63) is 57.8 Å². The fraction of sp³-hybridized carbons (Fsp3) is 0.143. The highest BCUT2D eigenvalue weighted by Gasteiger charge is 2.15. The van der Waals surface area contributed by atoms with E-state index < -0.39 is 11.6 Å². The average Bonchev–Trinajstić information content (AvgIpc) is 3.01. The van der Waals surface area contributed by atoms with Crippen LogP contribution in [0.2, 0.25) is 0 Å². The van der Waals surface area contributed by atoms with Crippen molar-refractivity contribution < 1.29 is 8.78 Å². The van der Waals surface area contributed by atoms with E-state index in [1.807, 2.05) is 5.38 Å². The molecule has 20 heavy (non-hydrogen) atoms. The number of nitrogens with two attached hydrogens (primary N) is 1. The Balaban J connectivity index is 1.86. The molecule has 0 saturated heterocycles. The first-order chi connectivity index (χ1) is 9.67. The minimum absolute atomic E-state index is 0.107. The summed E-state index contributed by atoms with van der Waals surface area (Å²) in [6.45, 7) is 0. The summed E-state index contributed by atoms with van der Waals surface area (Å²) in [4.78, 5) is 1.10. The zero-order valence-corrected chi connectivity index (χ0v) is 12.0. The fourth-order valence-electron chi connectivity index (χ4n) is 2.10. The van der Waals surface area contributed by atoms with Crippen LogP contribution in [0.25, 0.3) is 9.40 Å². The predicted molar refractivity (Wildman–Crippen MR) is 79.8 cm³/mol. The largest absolute Gasteiger partial charge is 0.271 e. The summed E-state index contributed by atoms with van der Waals surface area (Å²) in [6, 6.07) is 8.00. The third-order valence-electron chi connectivity index (χ3n) is 3.13. The lowest BCUT2D eigenvalue weighted by Crippen LogP contribution is -2.29. The van der Waals surface area contributed by atoms with Crippen LogP contribution in [0.5, 0.6) is 0 Å². The van der Waals surface area contributed by atoms with Crippen molar-refractivity contribution in [2.75, 3.05) is 0 Å². The van der Waals surface area contributed by atoms with Crippen molar-refractivity contribution >= 4 is 32.1 Å². The van der Waals surface area contributed by atoms with Gasteiger partial charge in [-0.1, -0.05) is 6.07 Å². The molecule has 0 fully saturated rings. The number of rotatable bonds is 4. The molecule has 2 nitrogen and oxygen atoms in total. The van der Waals surface area contributed by atoms with E-state index in [0.29, 0.717) is 12.0 Å². The summed E-state index contributed by atoms with van der Waals surface area (Å²) in [7, 11) is 0. The zero-order valence-electron chi connectivity index (χ0n) is 10.4. The van der Waals surface area contributed by atoms with Crippen LogP contribution in [0.4, 0.5) is 8.78 Å². The van der Waals surface area contributed by atoms with Crippen molar-refractivity contribution in [1.29, 1.82) is 0 Å². The highest BCUT2D eigenvalue weighted by Crippen LogP contribution is 2.34. The molecule has 104 valence electrons. The van der Waals surface area contributed by atoms with Gasteiger partial charge in [0.15, 0.2) is 11.6 Å². The molecule has 6 heteroatoms. The van der Waals surface area contributed by atoms with E-state index in [4.69, 9.17) is 5.84 Å². The SMILES string of the molecule is NNC(Cc1ccc(F)c(F)c1)c1cc2sccc2s1. The third-order valence-corrected chi connectivity index (χ3v) is 5.33. The first-order valence-electron chi connectivity index (χ1n) is 6.04. The normalized spacial score (nSPS) is 12.9. The summed E-state index contributed by atoms with van der Waals surface area (Å²) in [5.74, 6) is 3.94. The van der Waals surface area contributed by atoms with Crippen LogP contribution < -0.4 is 11.3 Å². The maximum atomic E-state index is 13.2. The summed E-state index contributed by atoms with van der Waals surface area (Å²) in [5, 5.41) is 2.05.